The molecule has 0 amide bonds. The Hall–Kier alpha value is -3.04. The van der Waals surface area contributed by atoms with Gasteiger partial charge in [-0.15, -0.1) is 0 Å². The number of hydrogen-bond acceptors (Lipinski definition) is 3. The van der Waals surface area contributed by atoms with Gasteiger partial charge in [0.2, 0.25) is 0 Å². The first-order valence-electron chi connectivity index (χ1n) is 13.4. The molecule has 1 aliphatic heterocycles. The maximum atomic E-state index is 4.28. The Labute approximate surface area is 210 Å². The third kappa shape index (κ3) is 4.06. The van der Waals surface area contributed by atoms with Crippen LogP contribution < -0.4 is 16.0 Å². The average molecular weight is 464 g/mol. The molecule has 1 atom stereocenters. The minimum absolute atomic E-state index is 0.366. The highest BCUT2D eigenvalue weighted by atomic mass is 15.0. The van der Waals surface area contributed by atoms with E-state index in [-0.39, 0.29) is 0 Å². The molecule has 0 aromatic heterocycles. The third-order valence-corrected chi connectivity index (χ3v) is 8.72. The van der Waals surface area contributed by atoms with Gasteiger partial charge in [-0.1, -0.05) is 55.8 Å². The number of benzene rings is 3. The molecular formula is C32H37N3. The van der Waals surface area contributed by atoms with Crippen LogP contribution in [0.25, 0.3) is 22.3 Å². The molecule has 0 radical (unpaired) electrons. The van der Waals surface area contributed by atoms with E-state index in [1.807, 2.05) is 7.05 Å². The lowest BCUT2D eigenvalue weighted by molar-refractivity contribution is 0.440. The molecule has 3 N–H and O–H groups in total. The van der Waals surface area contributed by atoms with E-state index < -0.39 is 0 Å². The summed E-state index contributed by atoms with van der Waals surface area (Å²) in [6.45, 7) is 5.37. The number of hydrogen-bond donors (Lipinski definition) is 3. The lowest BCUT2D eigenvalue weighted by atomic mass is 9.76. The summed E-state index contributed by atoms with van der Waals surface area (Å²) in [4.78, 5) is 0. The highest BCUT2D eigenvalue weighted by Crippen LogP contribution is 2.55. The Morgan fingerprint density at radius 1 is 0.829 bits per heavy atom. The van der Waals surface area contributed by atoms with E-state index in [2.05, 4.69) is 83.2 Å². The Morgan fingerprint density at radius 3 is 2.14 bits per heavy atom. The predicted octanol–water partition coefficient (Wildman–Crippen LogP) is 7.50. The van der Waals surface area contributed by atoms with Gasteiger partial charge in [-0.05, 0) is 108 Å². The van der Waals surface area contributed by atoms with Crippen LogP contribution in [0.1, 0.15) is 56.1 Å². The Kier molecular flexibility index (Phi) is 5.89. The maximum absolute atomic E-state index is 4.28. The van der Waals surface area contributed by atoms with Crippen molar-refractivity contribution in [3.8, 4) is 22.3 Å². The first kappa shape index (κ1) is 22.4. The zero-order valence-corrected chi connectivity index (χ0v) is 20.9. The standard InChI is InChI=1S/C32H37N3/c1-22(30-6-5-21-34-30)35-26-13-9-24(10-14-26)28-16-15-27(23-7-11-25(33-2)12-8-23)29-17-20-32(31(28)29)18-3-4-19-32/h7-16,30,33-35H,1,3-6,17-21H2,2H3. The number of fused-ring (bicyclic) bond motifs is 2. The molecule has 1 saturated heterocycles. The molecule has 1 saturated carbocycles. The van der Waals surface area contributed by atoms with E-state index in [0.717, 1.165) is 23.6 Å². The second kappa shape index (κ2) is 9.20. The molecule has 3 aliphatic rings. The fraction of sp³-hybridized carbons (Fsp3) is 0.375. The van der Waals surface area contributed by atoms with Gasteiger partial charge in [-0.2, -0.15) is 0 Å². The van der Waals surface area contributed by atoms with Crippen molar-refractivity contribution in [1.29, 1.82) is 0 Å². The van der Waals surface area contributed by atoms with E-state index in [1.54, 1.807) is 11.1 Å². The molecule has 35 heavy (non-hydrogen) atoms. The van der Waals surface area contributed by atoms with E-state index in [9.17, 15) is 0 Å². The Morgan fingerprint density at radius 2 is 1.49 bits per heavy atom. The second-order valence-electron chi connectivity index (χ2n) is 10.7. The van der Waals surface area contributed by atoms with Crippen molar-refractivity contribution in [3.05, 3.63) is 84.1 Å². The highest BCUT2D eigenvalue weighted by Gasteiger charge is 2.43. The van der Waals surface area contributed by atoms with Gasteiger partial charge in [0.15, 0.2) is 0 Å². The van der Waals surface area contributed by atoms with Crippen molar-refractivity contribution in [3.63, 3.8) is 0 Å². The maximum Gasteiger partial charge on any atom is 0.0467 e. The number of anilines is 2. The van der Waals surface area contributed by atoms with Gasteiger partial charge in [0.25, 0.3) is 0 Å². The summed E-state index contributed by atoms with van der Waals surface area (Å²) in [5.74, 6) is 0. The van der Waals surface area contributed by atoms with Crippen molar-refractivity contribution >= 4 is 11.4 Å². The molecule has 3 aromatic carbocycles. The molecule has 1 spiro atoms. The van der Waals surface area contributed by atoms with Gasteiger partial charge in [-0.3, -0.25) is 0 Å². The SMILES string of the molecule is C=C(Nc1ccc(-c2ccc(-c3ccc(NC)cc3)c3c2C2(CCCC2)CC3)cc1)C1CCCN1. The molecule has 1 heterocycles. The largest absolute Gasteiger partial charge is 0.388 e. The minimum atomic E-state index is 0.366. The summed E-state index contributed by atoms with van der Waals surface area (Å²) in [7, 11) is 1.98. The van der Waals surface area contributed by atoms with Crippen LogP contribution in [0.2, 0.25) is 0 Å². The fourth-order valence-electron chi connectivity index (χ4n) is 6.87. The van der Waals surface area contributed by atoms with Crippen molar-refractivity contribution in [2.45, 2.75) is 62.8 Å². The number of rotatable bonds is 6. The Balaban J connectivity index is 1.36. The first-order chi connectivity index (χ1) is 17.2. The summed E-state index contributed by atoms with van der Waals surface area (Å²) < 4.78 is 0. The van der Waals surface area contributed by atoms with Crippen LogP contribution in [0.5, 0.6) is 0 Å². The van der Waals surface area contributed by atoms with Gasteiger partial charge in [-0.25, -0.2) is 0 Å². The van der Waals surface area contributed by atoms with Gasteiger partial charge in [0.1, 0.15) is 0 Å². The molecule has 2 aliphatic carbocycles. The monoisotopic (exact) mass is 463 g/mol. The van der Waals surface area contributed by atoms with E-state index in [4.69, 9.17) is 0 Å². The first-order valence-corrected chi connectivity index (χ1v) is 13.4. The van der Waals surface area contributed by atoms with Gasteiger partial charge in [0, 0.05) is 30.2 Å². The molecule has 1 unspecified atom stereocenters. The topological polar surface area (TPSA) is 36.1 Å². The summed E-state index contributed by atoms with van der Waals surface area (Å²) in [5.41, 5.74) is 12.5. The van der Waals surface area contributed by atoms with Crippen LogP contribution >= 0.6 is 0 Å². The molecule has 0 bridgehead atoms. The van der Waals surface area contributed by atoms with Crippen LogP contribution in [0.4, 0.5) is 11.4 Å². The van der Waals surface area contributed by atoms with Crippen molar-refractivity contribution in [2.75, 3.05) is 24.2 Å². The Bertz CT molecular complexity index is 1210. The molecule has 3 nitrogen and oxygen atoms in total. The van der Waals surface area contributed by atoms with Gasteiger partial charge >= 0.3 is 0 Å². The van der Waals surface area contributed by atoms with Crippen LogP contribution in [-0.4, -0.2) is 19.6 Å². The summed E-state index contributed by atoms with van der Waals surface area (Å²) in [6, 6.07) is 23.1. The number of nitrogens with one attached hydrogen (secondary N) is 3. The fourth-order valence-corrected chi connectivity index (χ4v) is 6.87. The van der Waals surface area contributed by atoms with Crippen molar-refractivity contribution in [1.82, 2.24) is 5.32 Å². The summed E-state index contributed by atoms with van der Waals surface area (Å²) >= 11 is 0. The lowest BCUT2D eigenvalue weighted by Gasteiger charge is -2.28. The predicted molar refractivity (Wildman–Crippen MR) is 149 cm³/mol. The van der Waals surface area contributed by atoms with Crippen LogP contribution in [0.3, 0.4) is 0 Å². The zero-order valence-electron chi connectivity index (χ0n) is 20.9. The van der Waals surface area contributed by atoms with Crippen molar-refractivity contribution < 1.29 is 0 Å². The van der Waals surface area contributed by atoms with E-state index in [0.29, 0.717) is 11.5 Å². The van der Waals surface area contributed by atoms with E-state index >= 15 is 0 Å². The molecule has 180 valence electrons. The van der Waals surface area contributed by atoms with Crippen LogP contribution in [-0.2, 0) is 11.8 Å². The second-order valence-corrected chi connectivity index (χ2v) is 10.7. The molecule has 6 rings (SSSR count). The molecule has 3 aromatic rings. The summed E-state index contributed by atoms with van der Waals surface area (Å²) in [6.07, 6.45) is 10.3. The minimum Gasteiger partial charge on any atom is -0.388 e. The molecule has 2 fully saturated rings. The van der Waals surface area contributed by atoms with Crippen molar-refractivity contribution in [2.24, 2.45) is 0 Å². The average Bonchev–Trinajstić information content (AvgIpc) is 3.67. The van der Waals surface area contributed by atoms with E-state index in [1.165, 1.54) is 73.6 Å². The normalized spacial score (nSPS) is 20.2. The van der Waals surface area contributed by atoms with Gasteiger partial charge < -0.3 is 16.0 Å². The van der Waals surface area contributed by atoms with Gasteiger partial charge in [0.05, 0.1) is 0 Å². The zero-order chi connectivity index (χ0) is 23.8. The third-order valence-electron chi connectivity index (χ3n) is 8.72. The highest BCUT2D eigenvalue weighted by molar-refractivity contribution is 5.81. The molecular weight excluding hydrogens is 426 g/mol. The smallest absolute Gasteiger partial charge is 0.0467 e. The molecule has 3 heteroatoms. The van der Waals surface area contributed by atoms with Crippen LogP contribution in [0.15, 0.2) is 72.9 Å². The van der Waals surface area contributed by atoms with Crippen LogP contribution in [0, 0.1) is 0 Å². The quantitative estimate of drug-likeness (QED) is 0.354. The lowest BCUT2D eigenvalue weighted by Crippen LogP contribution is -2.26. The summed E-state index contributed by atoms with van der Waals surface area (Å²) in [5, 5.41) is 10.3.